The van der Waals surface area contributed by atoms with Crippen LogP contribution in [0.25, 0.3) is 0 Å². The topological polar surface area (TPSA) is 61.0 Å². The maximum absolute atomic E-state index is 10.4. The molecule has 0 aliphatic heterocycles. The summed E-state index contributed by atoms with van der Waals surface area (Å²) in [7, 11) is 0. The Labute approximate surface area is 74.1 Å². The van der Waals surface area contributed by atoms with Gasteiger partial charge in [-0.15, -0.1) is 11.6 Å². The highest BCUT2D eigenvalue weighted by Gasteiger charge is 2.16. The fraction of sp³-hybridized carbons (Fsp3) is 0.500. The second kappa shape index (κ2) is 3.53. The normalized spacial score (nSPS) is 10.2. The predicted octanol–water partition coefficient (Wildman–Crippen LogP) is 1.34. The highest BCUT2D eigenvalue weighted by molar-refractivity contribution is 6.17. The summed E-state index contributed by atoms with van der Waals surface area (Å²) in [6.07, 6.45) is 1.46. The lowest BCUT2D eigenvalue weighted by atomic mass is 10.5. The summed E-state index contributed by atoms with van der Waals surface area (Å²) in [5.41, 5.74) is 0.752. The van der Waals surface area contributed by atoms with Gasteiger partial charge in [0.05, 0.1) is 12.4 Å². The van der Waals surface area contributed by atoms with E-state index in [2.05, 4.69) is 4.98 Å². The molecule has 66 valence electrons. The summed E-state index contributed by atoms with van der Waals surface area (Å²) >= 11 is 5.47. The van der Waals surface area contributed by atoms with Gasteiger partial charge in [0.1, 0.15) is 11.9 Å². The van der Waals surface area contributed by atoms with Crippen LogP contribution >= 0.6 is 11.6 Å². The molecule has 0 spiro atoms. The van der Waals surface area contributed by atoms with Crippen LogP contribution in [-0.2, 0) is 6.54 Å². The minimum absolute atomic E-state index is 0.145. The van der Waals surface area contributed by atoms with Crippen molar-refractivity contribution in [3.63, 3.8) is 0 Å². The van der Waals surface area contributed by atoms with Crippen LogP contribution in [0.1, 0.15) is 5.69 Å². The van der Waals surface area contributed by atoms with Crippen LogP contribution in [0.15, 0.2) is 6.20 Å². The maximum atomic E-state index is 10.4. The number of rotatable bonds is 3. The third-order valence-electron chi connectivity index (χ3n) is 1.51. The number of nitrogens with zero attached hydrogens (tertiary/aromatic N) is 3. The highest BCUT2D eigenvalue weighted by atomic mass is 35.5. The minimum Gasteiger partial charge on any atom is -0.390 e. The number of hydrogen-bond donors (Lipinski definition) is 0. The molecule has 0 atom stereocenters. The maximum Gasteiger partial charge on any atom is 0.434 e. The molecule has 0 unspecified atom stereocenters. The monoisotopic (exact) mass is 189 g/mol. The minimum atomic E-state index is -0.514. The Morgan fingerprint density at radius 3 is 3.00 bits per heavy atom. The van der Waals surface area contributed by atoms with Gasteiger partial charge in [0, 0.05) is 0 Å². The van der Waals surface area contributed by atoms with Crippen molar-refractivity contribution in [2.75, 3.05) is 5.88 Å². The van der Waals surface area contributed by atoms with Crippen molar-refractivity contribution in [1.29, 1.82) is 0 Å². The van der Waals surface area contributed by atoms with Crippen LogP contribution in [0, 0.1) is 17.0 Å². The first kappa shape index (κ1) is 8.99. The van der Waals surface area contributed by atoms with Gasteiger partial charge in [-0.2, -0.15) is 0 Å². The van der Waals surface area contributed by atoms with Gasteiger partial charge < -0.3 is 10.1 Å². The van der Waals surface area contributed by atoms with Crippen LogP contribution in [0.3, 0.4) is 0 Å². The second-order valence-electron chi connectivity index (χ2n) is 2.30. The van der Waals surface area contributed by atoms with Crippen LogP contribution in [0.5, 0.6) is 0 Å². The second-order valence-corrected chi connectivity index (χ2v) is 2.68. The van der Waals surface area contributed by atoms with Gasteiger partial charge in [-0.3, -0.25) is 0 Å². The Balaban J connectivity index is 3.03. The van der Waals surface area contributed by atoms with E-state index < -0.39 is 4.92 Å². The average molecular weight is 190 g/mol. The van der Waals surface area contributed by atoms with Crippen LogP contribution in [0.2, 0.25) is 0 Å². The summed E-state index contributed by atoms with van der Waals surface area (Å²) < 4.78 is 1.48. The fourth-order valence-corrected chi connectivity index (χ4v) is 1.12. The summed E-state index contributed by atoms with van der Waals surface area (Å²) in [6.45, 7) is 2.18. The van der Waals surface area contributed by atoms with Gasteiger partial charge in [-0.25, -0.2) is 4.57 Å². The Morgan fingerprint density at radius 1 is 1.83 bits per heavy atom. The molecule has 0 aromatic carbocycles. The lowest BCUT2D eigenvalue weighted by molar-refractivity contribution is -0.396. The van der Waals surface area contributed by atoms with E-state index in [4.69, 9.17) is 11.6 Å². The molecule has 0 N–H and O–H groups in total. The molecular weight excluding hydrogens is 182 g/mol. The molecule has 0 radical (unpaired) electrons. The molecule has 0 aliphatic carbocycles. The summed E-state index contributed by atoms with van der Waals surface area (Å²) in [6, 6.07) is 0. The zero-order valence-electron chi connectivity index (χ0n) is 6.53. The lowest BCUT2D eigenvalue weighted by Gasteiger charge is -1.99. The average Bonchev–Trinajstić information content (AvgIpc) is 2.34. The van der Waals surface area contributed by atoms with E-state index in [0.29, 0.717) is 12.4 Å². The van der Waals surface area contributed by atoms with Gasteiger partial charge >= 0.3 is 5.95 Å². The molecule has 1 aromatic heterocycles. The number of aromatic nitrogens is 2. The Hall–Kier alpha value is -1.10. The van der Waals surface area contributed by atoms with E-state index in [9.17, 15) is 10.1 Å². The number of nitro groups is 1. The summed E-state index contributed by atoms with van der Waals surface area (Å²) in [5, 5.41) is 10.4. The predicted molar refractivity (Wildman–Crippen MR) is 44.3 cm³/mol. The van der Waals surface area contributed by atoms with Crippen molar-refractivity contribution in [3.8, 4) is 0 Å². The fourth-order valence-electron chi connectivity index (χ4n) is 0.955. The highest BCUT2D eigenvalue weighted by Crippen LogP contribution is 2.11. The number of alkyl halides is 1. The zero-order chi connectivity index (χ0) is 9.14. The molecule has 0 saturated heterocycles. The lowest BCUT2D eigenvalue weighted by Crippen LogP contribution is -2.06. The number of halogens is 1. The molecule has 5 nitrogen and oxygen atoms in total. The van der Waals surface area contributed by atoms with Gasteiger partial charge in [-0.05, 0) is 11.8 Å². The van der Waals surface area contributed by atoms with E-state index in [1.54, 1.807) is 6.92 Å². The van der Waals surface area contributed by atoms with E-state index in [1.807, 2.05) is 0 Å². The van der Waals surface area contributed by atoms with Gasteiger partial charge in [0.2, 0.25) is 0 Å². The summed E-state index contributed by atoms with van der Waals surface area (Å²) in [5.74, 6) is 0.200. The van der Waals surface area contributed by atoms with E-state index in [0.717, 1.165) is 5.69 Å². The molecule has 1 aromatic rings. The van der Waals surface area contributed by atoms with Crippen molar-refractivity contribution in [1.82, 2.24) is 9.55 Å². The van der Waals surface area contributed by atoms with Crippen molar-refractivity contribution in [2.45, 2.75) is 13.5 Å². The molecule has 1 rings (SSSR count). The van der Waals surface area contributed by atoms with Gasteiger partial charge in [0.15, 0.2) is 0 Å². The number of hydrogen-bond acceptors (Lipinski definition) is 3. The smallest absolute Gasteiger partial charge is 0.390 e. The first-order chi connectivity index (χ1) is 5.66. The molecule has 0 saturated carbocycles. The third kappa shape index (κ3) is 1.55. The first-order valence-electron chi connectivity index (χ1n) is 3.39. The Bertz CT molecular complexity index is 297. The molecule has 0 aliphatic rings. The van der Waals surface area contributed by atoms with Crippen molar-refractivity contribution in [3.05, 3.63) is 22.0 Å². The van der Waals surface area contributed by atoms with Crippen LogP contribution in [-0.4, -0.2) is 20.4 Å². The number of aryl methyl sites for hydroxylation is 1. The van der Waals surface area contributed by atoms with E-state index in [-0.39, 0.29) is 5.95 Å². The molecule has 0 fully saturated rings. The zero-order valence-corrected chi connectivity index (χ0v) is 7.28. The van der Waals surface area contributed by atoms with E-state index in [1.165, 1.54) is 10.8 Å². The SMILES string of the molecule is Cc1cnc([N+](=O)[O-])n1CCCl. The number of imidazole rings is 1. The van der Waals surface area contributed by atoms with Crippen LogP contribution < -0.4 is 0 Å². The molecule has 0 amide bonds. The Morgan fingerprint density at radius 2 is 2.50 bits per heavy atom. The molecule has 6 heteroatoms. The van der Waals surface area contributed by atoms with Gasteiger partial charge in [-0.1, -0.05) is 4.98 Å². The molecule has 0 bridgehead atoms. The Kier molecular flexibility index (Phi) is 2.65. The van der Waals surface area contributed by atoms with Crippen molar-refractivity contribution in [2.24, 2.45) is 0 Å². The third-order valence-corrected chi connectivity index (χ3v) is 1.67. The molecule has 1 heterocycles. The first-order valence-corrected chi connectivity index (χ1v) is 3.92. The quantitative estimate of drug-likeness (QED) is 0.410. The van der Waals surface area contributed by atoms with Gasteiger partial charge in [0.25, 0.3) is 0 Å². The molecule has 12 heavy (non-hydrogen) atoms. The van der Waals surface area contributed by atoms with Crippen molar-refractivity contribution < 1.29 is 4.92 Å². The standard InChI is InChI=1S/C6H8ClN3O2/c1-5-4-8-6(10(11)12)9(5)3-2-7/h4H,2-3H2,1H3. The molecular formula is C6H8ClN3O2. The summed E-state index contributed by atoms with van der Waals surface area (Å²) in [4.78, 5) is 13.5. The van der Waals surface area contributed by atoms with E-state index >= 15 is 0 Å². The van der Waals surface area contributed by atoms with Crippen LogP contribution in [0.4, 0.5) is 5.95 Å². The largest absolute Gasteiger partial charge is 0.434 e. The van der Waals surface area contributed by atoms with Crippen molar-refractivity contribution >= 4 is 17.5 Å².